The smallest absolute Gasteiger partial charge is 0.337 e. The van der Waals surface area contributed by atoms with Gasteiger partial charge in [0.15, 0.2) is 5.65 Å². The number of benzene rings is 1. The minimum atomic E-state index is -0.350. The van der Waals surface area contributed by atoms with Crippen LogP contribution in [0.4, 0.5) is 5.95 Å². The number of carbonyl (C=O) groups is 1. The van der Waals surface area contributed by atoms with Crippen LogP contribution in [0.15, 0.2) is 36.5 Å². The van der Waals surface area contributed by atoms with E-state index in [4.69, 9.17) is 5.73 Å². The maximum Gasteiger partial charge on any atom is 0.337 e. The number of aryl methyl sites for hydroxylation is 1. The highest BCUT2D eigenvalue weighted by molar-refractivity contribution is 5.90. The fourth-order valence-corrected chi connectivity index (χ4v) is 2.24. The number of hydrogen-bond donors (Lipinski definition) is 1. The molecule has 0 aliphatic heterocycles. The fourth-order valence-electron chi connectivity index (χ4n) is 2.24. The molecular formula is C15H14N4O2. The van der Waals surface area contributed by atoms with Gasteiger partial charge in [-0.25, -0.2) is 9.31 Å². The van der Waals surface area contributed by atoms with Crippen molar-refractivity contribution in [1.82, 2.24) is 14.6 Å². The largest absolute Gasteiger partial charge is 0.465 e. The molecule has 0 bridgehead atoms. The summed E-state index contributed by atoms with van der Waals surface area (Å²) in [4.78, 5) is 15.6. The molecule has 0 fully saturated rings. The molecule has 6 heteroatoms. The molecule has 0 aliphatic rings. The highest BCUT2D eigenvalue weighted by atomic mass is 16.5. The summed E-state index contributed by atoms with van der Waals surface area (Å²) in [6.45, 7) is 1.95. The van der Waals surface area contributed by atoms with Crippen LogP contribution >= 0.6 is 0 Å². The Morgan fingerprint density at radius 3 is 2.62 bits per heavy atom. The van der Waals surface area contributed by atoms with Crippen LogP contribution < -0.4 is 5.73 Å². The molecule has 3 aromatic rings. The Labute approximate surface area is 121 Å². The zero-order valence-corrected chi connectivity index (χ0v) is 11.7. The fraction of sp³-hybridized carbons (Fsp3) is 0.133. The van der Waals surface area contributed by atoms with Crippen molar-refractivity contribution < 1.29 is 9.53 Å². The average molecular weight is 282 g/mol. The highest BCUT2D eigenvalue weighted by Crippen LogP contribution is 2.23. The van der Waals surface area contributed by atoms with Crippen LogP contribution in [0.3, 0.4) is 0 Å². The first-order valence-electron chi connectivity index (χ1n) is 6.40. The van der Waals surface area contributed by atoms with Crippen molar-refractivity contribution in [1.29, 1.82) is 0 Å². The second-order valence-corrected chi connectivity index (χ2v) is 4.72. The molecule has 0 saturated carbocycles. The molecular weight excluding hydrogens is 268 g/mol. The number of hydrogen-bond acceptors (Lipinski definition) is 5. The van der Waals surface area contributed by atoms with Gasteiger partial charge >= 0.3 is 5.97 Å². The summed E-state index contributed by atoms with van der Waals surface area (Å²) in [5.74, 6) is -0.103. The SMILES string of the molecule is COC(=O)c1ccc(-c2cc(C)c3nc(N)nn3c2)cc1. The highest BCUT2D eigenvalue weighted by Gasteiger charge is 2.09. The number of aromatic nitrogens is 3. The first-order chi connectivity index (χ1) is 10.1. The number of pyridine rings is 1. The number of ether oxygens (including phenoxy) is 1. The van der Waals surface area contributed by atoms with Gasteiger partial charge in [0, 0.05) is 11.8 Å². The number of rotatable bonds is 2. The number of fused-ring (bicyclic) bond motifs is 1. The number of methoxy groups -OCH3 is 1. The zero-order chi connectivity index (χ0) is 15.0. The quantitative estimate of drug-likeness (QED) is 0.727. The number of carbonyl (C=O) groups excluding carboxylic acids is 1. The van der Waals surface area contributed by atoms with Crippen LogP contribution in [0.5, 0.6) is 0 Å². The maximum absolute atomic E-state index is 11.4. The number of anilines is 1. The van der Waals surface area contributed by atoms with Crippen molar-refractivity contribution in [3.05, 3.63) is 47.7 Å². The van der Waals surface area contributed by atoms with Gasteiger partial charge in [0.1, 0.15) is 0 Å². The molecule has 3 rings (SSSR count). The minimum Gasteiger partial charge on any atom is -0.465 e. The molecule has 106 valence electrons. The molecule has 6 nitrogen and oxygen atoms in total. The van der Waals surface area contributed by atoms with Crippen molar-refractivity contribution in [2.45, 2.75) is 6.92 Å². The third kappa shape index (κ3) is 2.31. The Bertz CT molecular complexity index is 822. The predicted octanol–water partition coefficient (Wildman–Crippen LogP) is 2.07. The van der Waals surface area contributed by atoms with E-state index >= 15 is 0 Å². The summed E-state index contributed by atoms with van der Waals surface area (Å²) < 4.78 is 6.35. The Balaban J connectivity index is 2.05. The van der Waals surface area contributed by atoms with Crippen molar-refractivity contribution in [2.24, 2.45) is 0 Å². The van der Waals surface area contributed by atoms with Gasteiger partial charge in [0.2, 0.25) is 5.95 Å². The third-order valence-electron chi connectivity index (χ3n) is 3.27. The Hall–Kier alpha value is -2.89. The summed E-state index contributed by atoms with van der Waals surface area (Å²) in [5.41, 5.74) is 9.81. The molecule has 0 amide bonds. The monoisotopic (exact) mass is 282 g/mol. The van der Waals surface area contributed by atoms with Gasteiger partial charge in [-0.05, 0) is 36.2 Å². The van der Waals surface area contributed by atoms with E-state index in [2.05, 4.69) is 14.8 Å². The molecule has 0 aliphatic carbocycles. The van der Waals surface area contributed by atoms with Gasteiger partial charge in [-0.3, -0.25) is 0 Å². The van der Waals surface area contributed by atoms with E-state index in [-0.39, 0.29) is 11.9 Å². The van der Waals surface area contributed by atoms with Crippen molar-refractivity contribution in [3.63, 3.8) is 0 Å². The number of nitrogen functional groups attached to an aromatic ring is 1. The second kappa shape index (κ2) is 4.90. The molecule has 0 saturated heterocycles. The Morgan fingerprint density at radius 1 is 1.24 bits per heavy atom. The predicted molar refractivity (Wildman–Crippen MR) is 78.9 cm³/mol. The molecule has 2 aromatic heterocycles. The molecule has 0 unspecified atom stereocenters. The molecule has 0 spiro atoms. The van der Waals surface area contributed by atoms with Crippen molar-refractivity contribution >= 4 is 17.6 Å². The first-order valence-corrected chi connectivity index (χ1v) is 6.40. The van der Waals surface area contributed by atoms with Gasteiger partial charge < -0.3 is 10.5 Å². The number of nitrogens with zero attached hydrogens (tertiary/aromatic N) is 3. The Kier molecular flexibility index (Phi) is 3.06. The number of esters is 1. The summed E-state index contributed by atoms with van der Waals surface area (Å²) in [6, 6.07) is 9.21. The Morgan fingerprint density at radius 2 is 1.95 bits per heavy atom. The molecule has 0 atom stereocenters. The first kappa shape index (κ1) is 13.1. The molecule has 0 radical (unpaired) electrons. The molecule has 2 N–H and O–H groups in total. The van der Waals surface area contributed by atoms with E-state index in [9.17, 15) is 4.79 Å². The van der Waals surface area contributed by atoms with E-state index in [1.165, 1.54) is 7.11 Å². The van der Waals surface area contributed by atoms with Crippen LogP contribution in [-0.4, -0.2) is 27.7 Å². The molecule has 2 heterocycles. The van der Waals surface area contributed by atoms with Gasteiger partial charge in [-0.15, -0.1) is 5.10 Å². The topological polar surface area (TPSA) is 82.5 Å². The van der Waals surface area contributed by atoms with E-state index in [0.717, 1.165) is 22.3 Å². The van der Waals surface area contributed by atoms with Gasteiger partial charge in [0.25, 0.3) is 0 Å². The van der Waals surface area contributed by atoms with Gasteiger partial charge in [-0.1, -0.05) is 12.1 Å². The van der Waals surface area contributed by atoms with Gasteiger partial charge in [0.05, 0.1) is 12.7 Å². The lowest BCUT2D eigenvalue weighted by molar-refractivity contribution is 0.0601. The minimum absolute atomic E-state index is 0.247. The lowest BCUT2D eigenvalue weighted by atomic mass is 10.0. The average Bonchev–Trinajstić information content (AvgIpc) is 2.87. The maximum atomic E-state index is 11.4. The third-order valence-corrected chi connectivity index (χ3v) is 3.27. The van der Waals surface area contributed by atoms with Crippen molar-refractivity contribution in [3.8, 4) is 11.1 Å². The lowest BCUT2D eigenvalue weighted by Gasteiger charge is -2.05. The van der Waals surface area contributed by atoms with E-state index in [1.54, 1.807) is 16.6 Å². The lowest BCUT2D eigenvalue weighted by Crippen LogP contribution is -2.00. The summed E-state index contributed by atoms with van der Waals surface area (Å²) in [6.07, 6.45) is 1.86. The van der Waals surface area contributed by atoms with Crippen LogP contribution in [0.1, 0.15) is 15.9 Å². The van der Waals surface area contributed by atoms with Crippen LogP contribution in [0, 0.1) is 6.92 Å². The number of nitrogens with two attached hydrogens (primary N) is 1. The van der Waals surface area contributed by atoms with Crippen LogP contribution in [-0.2, 0) is 4.74 Å². The van der Waals surface area contributed by atoms with Gasteiger partial charge in [-0.2, -0.15) is 4.98 Å². The van der Waals surface area contributed by atoms with Crippen LogP contribution in [0.2, 0.25) is 0 Å². The summed E-state index contributed by atoms with van der Waals surface area (Å²) in [5, 5.41) is 4.13. The molecule has 1 aromatic carbocycles. The van der Waals surface area contributed by atoms with Crippen LogP contribution in [0.25, 0.3) is 16.8 Å². The van der Waals surface area contributed by atoms with E-state index in [0.29, 0.717) is 5.56 Å². The summed E-state index contributed by atoms with van der Waals surface area (Å²) in [7, 11) is 1.36. The molecule has 21 heavy (non-hydrogen) atoms. The zero-order valence-electron chi connectivity index (χ0n) is 11.7. The second-order valence-electron chi connectivity index (χ2n) is 4.72. The summed E-state index contributed by atoms with van der Waals surface area (Å²) >= 11 is 0. The van der Waals surface area contributed by atoms with Crippen molar-refractivity contribution in [2.75, 3.05) is 12.8 Å². The standard InChI is InChI=1S/C15H14N4O2/c1-9-7-12(8-19-13(9)17-15(16)18-19)10-3-5-11(6-4-10)14(20)21-2/h3-8H,1-2H3,(H2,16,18). The normalized spacial score (nSPS) is 10.8. The van der Waals surface area contributed by atoms with E-state index < -0.39 is 0 Å². The van der Waals surface area contributed by atoms with E-state index in [1.807, 2.05) is 31.3 Å².